The van der Waals surface area contributed by atoms with Crippen LogP contribution in [0.3, 0.4) is 0 Å². The van der Waals surface area contributed by atoms with Gasteiger partial charge in [-0.15, -0.1) is 0 Å². The summed E-state index contributed by atoms with van der Waals surface area (Å²) in [5.74, 6) is -1.29. The zero-order chi connectivity index (χ0) is 14.0. The van der Waals surface area contributed by atoms with Crippen LogP contribution in [0, 0.1) is 11.6 Å². The van der Waals surface area contributed by atoms with E-state index in [2.05, 4.69) is 0 Å². The molecule has 2 aromatic carbocycles. The Morgan fingerprint density at radius 3 is 2.32 bits per heavy atom. The van der Waals surface area contributed by atoms with Crippen molar-refractivity contribution in [2.75, 3.05) is 0 Å². The Hall–Kier alpha value is -1.45. The molecular formula is C15H13ClF2O. The van der Waals surface area contributed by atoms with Gasteiger partial charge in [0, 0.05) is 17.5 Å². The van der Waals surface area contributed by atoms with Gasteiger partial charge in [0.1, 0.15) is 11.6 Å². The van der Waals surface area contributed by atoms with Crippen LogP contribution in [0.25, 0.3) is 0 Å². The molecule has 0 radical (unpaired) electrons. The van der Waals surface area contributed by atoms with Gasteiger partial charge < -0.3 is 5.11 Å². The molecule has 0 spiro atoms. The molecule has 0 heterocycles. The van der Waals surface area contributed by atoms with Gasteiger partial charge in [-0.25, -0.2) is 8.78 Å². The standard InChI is InChI=1S/C15H13ClF2O/c1-15(19,11-3-5-12(16)6-4-11)9-10-2-7-13(17)8-14(10)18/h2-8,19H,9H2,1H3. The Labute approximate surface area is 115 Å². The first-order chi connectivity index (χ1) is 8.88. The highest BCUT2D eigenvalue weighted by Gasteiger charge is 2.25. The van der Waals surface area contributed by atoms with Crippen molar-refractivity contribution in [2.45, 2.75) is 18.9 Å². The van der Waals surface area contributed by atoms with E-state index in [1.807, 2.05) is 0 Å². The molecule has 2 rings (SSSR count). The van der Waals surface area contributed by atoms with Gasteiger partial charge in [0.25, 0.3) is 0 Å². The summed E-state index contributed by atoms with van der Waals surface area (Å²) in [4.78, 5) is 0. The number of benzene rings is 2. The smallest absolute Gasteiger partial charge is 0.129 e. The zero-order valence-corrected chi connectivity index (χ0v) is 11.1. The Bertz CT molecular complexity index is 579. The lowest BCUT2D eigenvalue weighted by Gasteiger charge is -2.24. The molecule has 0 amide bonds. The predicted octanol–water partition coefficient (Wildman–Crippen LogP) is 4.07. The van der Waals surface area contributed by atoms with E-state index in [4.69, 9.17) is 11.6 Å². The molecule has 100 valence electrons. The summed E-state index contributed by atoms with van der Waals surface area (Å²) in [7, 11) is 0. The number of aliphatic hydroxyl groups is 1. The first-order valence-corrected chi connectivity index (χ1v) is 6.19. The summed E-state index contributed by atoms with van der Waals surface area (Å²) in [5.41, 5.74) is -0.356. The molecule has 0 fully saturated rings. The summed E-state index contributed by atoms with van der Waals surface area (Å²) in [6.07, 6.45) is 0.0563. The van der Waals surface area contributed by atoms with Crippen LogP contribution in [0.1, 0.15) is 18.1 Å². The van der Waals surface area contributed by atoms with Gasteiger partial charge in [0.05, 0.1) is 5.60 Å². The summed E-state index contributed by atoms with van der Waals surface area (Å²) in [6, 6.07) is 10.0. The fraction of sp³-hybridized carbons (Fsp3) is 0.200. The molecule has 0 aliphatic heterocycles. The second-order valence-corrected chi connectivity index (χ2v) is 5.13. The van der Waals surface area contributed by atoms with Crippen molar-refractivity contribution in [1.29, 1.82) is 0 Å². The maximum absolute atomic E-state index is 13.6. The largest absolute Gasteiger partial charge is 0.385 e. The predicted molar refractivity (Wildman–Crippen MR) is 71.1 cm³/mol. The Kier molecular flexibility index (Phi) is 3.88. The molecule has 1 N–H and O–H groups in total. The topological polar surface area (TPSA) is 20.2 Å². The molecule has 1 atom stereocenters. The van der Waals surface area contributed by atoms with Crippen LogP contribution >= 0.6 is 11.6 Å². The van der Waals surface area contributed by atoms with Crippen LogP contribution in [-0.4, -0.2) is 5.11 Å². The average molecular weight is 283 g/mol. The molecule has 1 nitrogen and oxygen atoms in total. The van der Waals surface area contributed by atoms with E-state index in [0.29, 0.717) is 10.6 Å². The van der Waals surface area contributed by atoms with Crippen molar-refractivity contribution < 1.29 is 13.9 Å². The molecule has 2 aromatic rings. The highest BCUT2D eigenvalue weighted by Crippen LogP contribution is 2.27. The maximum Gasteiger partial charge on any atom is 0.129 e. The monoisotopic (exact) mass is 282 g/mol. The van der Waals surface area contributed by atoms with Crippen LogP contribution in [-0.2, 0) is 12.0 Å². The van der Waals surface area contributed by atoms with Crippen LogP contribution in [0.2, 0.25) is 5.02 Å². The van der Waals surface area contributed by atoms with Gasteiger partial charge in [0.2, 0.25) is 0 Å². The molecule has 0 aliphatic carbocycles. The van der Waals surface area contributed by atoms with E-state index in [9.17, 15) is 13.9 Å². The normalized spacial score (nSPS) is 14.2. The van der Waals surface area contributed by atoms with Gasteiger partial charge in [-0.1, -0.05) is 29.8 Å². The summed E-state index contributed by atoms with van der Waals surface area (Å²) >= 11 is 5.78. The van der Waals surface area contributed by atoms with Crippen molar-refractivity contribution in [3.63, 3.8) is 0 Å². The fourth-order valence-electron chi connectivity index (χ4n) is 1.95. The third-order valence-electron chi connectivity index (χ3n) is 3.02. The van der Waals surface area contributed by atoms with Crippen LogP contribution in [0.4, 0.5) is 8.78 Å². The minimum absolute atomic E-state index is 0.0563. The molecule has 1 unspecified atom stereocenters. The van der Waals surface area contributed by atoms with E-state index in [0.717, 1.165) is 6.07 Å². The fourth-order valence-corrected chi connectivity index (χ4v) is 2.07. The lowest BCUT2D eigenvalue weighted by Crippen LogP contribution is -2.24. The van der Waals surface area contributed by atoms with Crippen LogP contribution in [0.15, 0.2) is 42.5 Å². The lowest BCUT2D eigenvalue weighted by atomic mass is 9.89. The van der Waals surface area contributed by atoms with Gasteiger partial charge in [-0.2, -0.15) is 0 Å². The average Bonchev–Trinajstić information content (AvgIpc) is 2.33. The highest BCUT2D eigenvalue weighted by molar-refractivity contribution is 6.30. The molecule has 0 bridgehead atoms. The summed E-state index contributed by atoms with van der Waals surface area (Å²) in [5, 5.41) is 11.0. The van der Waals surface area contributed by atoms with Crippen LogP contribution in [0.5, 0.6) is 0 Å². The third-order valence-corrected chi connectivity index (χ3v) is 3.27. The SMILES string of the molecule is CC(O)(Cc1ccc(F)cc1F)c1ccc(Cl)cc1. The van der Waals surface area contributed by atoms with Crippen molar-refractivity contribution in [3.05, 3.63) is 70.2 Å². The van der Waals surface area contributed by atoms with Crippen molar-refractivity contribution in [3.8, 4) is 0 Å². The second-order valence-electron chi connectivity index (χ2n) is 4.69. The van der Waals surface area contributed by atoms with E-state index in [-0.39, 0.29) is 12.0 Å². The number of rotatable bonds is 3. The third kappa shape index (κ3) is 3.31. The van der Waals surface area contributed by atoms with Gasteiger partial charge in [-0.3, -0.25) is 0 Å². The van der Waals surface area contributed by atoms with Crippen molar-refractivity contribution in [2.24, 2.45) is 0 Å². The Morgan fingerprint density at radius 1 is 1.11 bits per heavy atom. The first-order valence-electron chi connectivity index (χ1n) is 5.81. The van der Waals surface area contributed by atoms with E-state index >= 15 is 0 Å². The maximum atomic E-state index is 13.6. The second kappa shape index (κ2) is 5.27. The first kappa shape index (κ1) is 14.0. The van der Waals surface area contributed by atoms with Gasteiger partial charge >= 0.3 is 0 Å². The minimum Gasteiger partial charge on any atom is -0.385 e. The van der Waals surface area contributed by atoms with Crippen molar-refractivity contribution >= 4 is 11.6 Å². The van der Waals surface area contributed by atoms with Gasteiger partial charge in [-0.05, 0) is 36.2 Å². The van der Waals surface area contributed by atoms with E-state index < -0.39 is 17.2 Å². The number of hydrogen-bond acceptors (Lipinski definition) is 1. The Morgan fingerprint density at radius 2 is 1.74 bits per heavy atom. The summed E-state index contributed by atoms with van der Waals surface area (Å²) < 4.78 is 26.4. The molecule has 0 aromatic heterocycles. The zero-order valence-electron chi connectivity index (χ0n) is 10.3. The molecule has 0 saturated heterocycles. The quantitative estimate of drug-likeness (QED) is 0.900. The van der Waals surface area contributed by atoms with E-state index in [1.165, 1.54) is 12.1 Å². The molecule has 19 heavy (non-hydrogen) atoms. The number of hydrogen-bond donors (Lipinski definition) is 1. The summed E-state index contributed by atoms with van der Waals surface area (Å²) in [6.45, 7) is 1.58. The minimum atomic E-state index is -1.25. The van der Waals surface area contributed by atoms with Crippen LogP contribution < -0.4 is 0 Å². The van der Waals surface area contributed by atoms with Gasteiger partial charge in [0.15, 0.2) is 0 Å². The molecule has 0 aliphatic rings. The molecule has 0 saturated carbocycles. The van der Waals surface area contributed by atoms with E-state index in [1.54, 1.807) is 31.2 Å². The number of halogens is 3. The highest BCUT2D eigenvalue weighted by atomic mass is 35.5. The molecular weight excluding hydrogens is 270 g/mol. The molecule has 4 heteroatoms. The Balaban J connectivity index is 2.27. The lowest BCUT2D eigenvalue weighted by molar-refractivity contribution is 0.0566. The van der Waals surface area contributed by atoms with Crippen molar-refractivity contribution in [1.82, 2.24) is 0 Å².